The molecule has 0 N–H and O–H groups in total. The highest BCUT2D eigenvalue weighted by molar-refractivity contribution is 5.71. The Morgan fingerprint density at radius 3 is 0.775 bits per heavy atom. The Morgan fingerprint density at radius 2 is 0.507 bits per heavy atom. The minimum absolute atomic E-state index is 0.0686. The number of carbonyl (C=O) groups excluding carboxylic acids is 3. The number of unbranched alkanes of at least 4 members (excludes halogenated alkanes) is 44. The maximum Gasteiger partial charge on any atom is 0.306 e. The highest BCUT2D eigenvalue weighted by Crippen LogP contribution is 2.18. The lowest BCUT2D eigenvalue weighted by atomic mass is 10.0. The van der Waals surface area contributed by atoms with Crippen molar-refractivity contribution in [3.63, 3.8) is 0 Å². The Morgan fingerprint density at radius 1 is 0.282 bits per heavy atom. The summed E-state index contributed by atoms with van der Waals surface area (Å²) in [7, 11) is 0. The third kappa shape index (κ3) is 58.7. The van der Waals surface area contributed by atoms with Crippen LogP contribution in [0.25, 0.3) is 0 Å². The van der Waals surface area contributed by atoms with Gasteiger partial charge in [-0.3, -0.25) is 14.4 Å². The number of hydrogen-bond acceptors (Lipinski definition) is 6. The molecule has 0 amide bonds. The van der Waals surface area contributed by atoms with Crippen LogP contribution >= 0.6 is 0 Å². The molecule has 0 rings (SSSR count). The van der Waals surface area contributed by atoms with Crippen LogP contribution in [0.2, 0.25) is 0 Å². The van der Waals surface area contributed by atoms with Gasteiger partial charge in [-0.05, 0) is 51.4 Å². The van der Waals surface area contributed by atoms with E-state index < -0.39 is 6.10 Å². The van der Waals surface area contributed by atoms with Gasteiger partial charge in [0.15, 0.2) is 6.10 Å². The summed E-state index contributed by atoms with van der Waals surface area (Å²) >= 11 is 0. The van der Waals surface area contributed by atoms with Crippen LogP contribution < -0.4 is 0 Å². The standard InChI is InChI=1S/C65H122O6/c1-4-7-10-13-15-17-19-21-23-25-27-29-30-31-32-33-34-36-37-39-41-43-45-47-49-52-55-58-64(67)70-61-62(60-69-63(66)57-54-51-12-9-6-3)71-65(68)59-56-53-50-48-46-44-42-40-38-35-28-26-24-22-20-18-16-14-11-8-5-2/h20,22,26,28,62H,4-19,21,23-25,27,29-61H2,1-3H3/b22-20-,28-26-. The maximum absolute atomic E-state index is 12.8. The molecule has 0 heterocycles. The molecule has 0 saturated heterocycles. The highest BCUT2D eigenvalue weighted by Gasteiger charge is 2.19. The first-order valence-corrected chi connectivity index (χ1v) is 31.8. The Labute approximate surface area is 443 Å². The smallest absolute Gasteiger partial charge is 0.306 e. The summed E-state index contributed by atoms with van der Waals surface area (Å²) in [5.74, 6) is -0.865. The average molecular weight is 1000 g/mol. The van der Waals surface area contributed by atoms with Gasteiger partial charge in [-0.1, -0.05) is 308 Å². The van der Waals surface area contributed by atoms with Crippen molar-refractivity contribution in [2.75, 3.05) is 13.2 Å². The third-order valence-corrected chi connectivity index (χ3v) is 14.5. The molecule has 6 heteroatoms. The lowest BCUT2D eigenvalue weighted by molar-refractivity contribution is -0.167. The van der Waals surface area contributed by atoms with E-state index in [4.69, 9.17) is 14.2 Å². The second kappa shape index (κ2) is 60.4. The molecule has 1 atom stereocenters. The number of allylic oxidation sites excluding steroid dienone is 4. The van der Waals surface area contributed by atoms with E-state index in [-0.39, 0.29) is 31.1 Å². The zero-order valence-corrected chi connectivity index (χ0v) is 48.0. The van der Waals surface area contributed by atoms with Gasteiger partial charge in [0.05, 0.1) is 0 Å². The van der Waals surface area contributed by atoms with Crippen LogP contribution in [0.4, 0.5) is 0 Å². The molecule has 0 radical (unpaired) electrons. The molecule has 0 spiro atoms. The topological polar surface area (TPSA) is 78.9 Å². The molecule has 0 aliphatic rings. The van der Waals surface area contributed by atoms with Crippen LogP contribution in [-0.4, -0.2) is 37.2 Å². The van der Waals surface area contributed by atoms with Gasteiger partial charge >= 0.3 is 17.9 Å². The Balaban J connectivity index is 3.97. The molecule has 0 aromatic carbocycles. The van der Waals surface area contributed by atoms with Crippen LogP contribution in [0.1, 0.15) is 355 Å². The van der Waals surface area contributed by atoms with Gasteiger partial charge in [-0.2, -0.15) is 0 Å². The van der Waals surface area contributed by atoms with E-state index in [2.05, 4.69) is 45.1 Å². The number of ether oxygens (including phenoxy) is 3. The van der Waals surface area contributed by atoms with Crippen molar-refractivity contribution in [3.05, 3.63) is 24.3 Å². The Kier molecular flexibility index (Phi) is 58.6. The van der Waals surface area contributed by atoms with E-state index in [1.165, 1.54) is 244 Å². The van der Waals surface area contributed by atoms with E-state index in [1.54, 1.807) is 0 Å². The average Bonchev–Trinajstić information content (AvgIpc) is 3.37. The fourth-order valence-electron chi connectivity index (χ4n) is 9.65. The molecule has 71 heavy (non-hydrogen) atoms. The van der Waals surface area contributed by atoms with Crippen LogP contribution in [0.15, 0.2) is 24.3 Å². The Hall–Kier alpha value is -2.11. The van der Waals surface area contributed by atoms with Gasteiger partial charge in [0.1, 0.15) is 13.2 Å². The van der Waals surface area contributed by atoms with Crippen molar-refractivity contribution in [2.24, 2.45) is 0 Å². The number of hydrogen-bond donors (Lipinski definition) is 0. The van der Waals surface area contributed by atoms with E-state index in [0.29, 0.717) is 19.3 Å². The monoisotopic (exact) mass is 999 g/mol. The van der Waals surface area contributed by atoms with Crippen molar-refractivity contribution in [1.29, 1.82) is 0 Å². The lowest BCUT2D eigenvalue weighted by Gasteiger charge is -2.18. The summed E-state index contributed by atoms with van der Waals surface area (Å²) in [6.07, 6.45) is 72.4. The molecule has 0 aliphatic carbocycles. The summed E-state index contributed by atoms with van der Waals surface area (Å²) < 4.78 is 16.8. The molecule has 0 aliphatic heterocycles. The Bertz CT molecular complexity index is 1150. The second-order valence-corrected chi connectivity index (χ2v) is 21.7. The largest absolute Gasteiger partial charge is 0.462 e. The van der Waals surface area contributed by atoms with Crippen molar-refractivity contribution in [1.82, 2.24) is 0 Å². The van der Waals surface area contributed by atoms with Crippen molar-refractivity contribution < 1.29 is 28.6 Å². The molecule has 0 aromatic rings. The zero-order chi connectivity index (χ0) is 51.4. The van der Waals surface area contributed by atoms with Gasteiger partial charge in [-0.15, -0.1) is 0 Å². The molecule has 6 nitrogen and oxygen atoms in total. The van der Waals surface area contributed by atoms with Crippen molar-refractivity contribution in [2.45, 2.75) is 361 Å². The number of carbonyl (C=O) groups is 3. The first-order valence-electron chi connectivity index (χ1n) is 31.8. The van der Waals surface area contributed by atoms with Gasteiger partial charge in [-0.25, -0.2) is 0 Å². The molecular formula is C65H122O6. The second-order valence-electron chi connectivity index (χ2n) is 21.7. The fourth-order valence-corrected chi connectivity index (χ4v) is 9.65. The highest BCUT2D eigenvalue weighted by atomic mass is 16.6. The maximum atomic E-state index is 12.8. The molecule has 0 aromatic heterocycles. The summed E-state index contributed by atoms with van der Waals surface area (Å²) in [4.78, 5) is 37.9. The van der Waals surface area contributed by atoms with Crippen molar-refractivity contribution in [3.8, 4) is 0 Å². The fraction of sp³-hybridized carbons (Fsp3) is 0.892. The van der Waals surface area contributed by atoms with Gasteiger partial charge < -0.3 is 14.2 Å². The zero-order valence-electron chi connectivity index (χ0n) is 48.0. The number of rotatable bonds is 59. The lowest BCUT2D eigenvalue weighted by Crippen LogP contribution is -2.30. The van der Waals surface area contributed by atoms with Crippen LogP contribution in [-0.2, 0) is 28.6 Å². The molecule has 418 valence electrons. The van der Waals surface area contributed by atoms with E-state index in [1.807, 2.05) is 0 Å². The van der Waals surface area contributed by atoms with Gasteiger partial charge in [0.2, 0.25) is 0 Å². The molecule has 0 bridgehead atoms. The van der Waals surface area contributed by atoms with Crippen LogP contribution in [0.3, 0.4) is 0 Å². The van der Waals surface area contributed by atoms with E-state index in [9.17, 15) is 14.4 Å². The number of esters is 3. The summed E-state index contributed by atoms with van der Waals surface area (Å²) in [6.45, 7) is 6.60. The predicted molar refractivity (Wildman–Crippen MR) is 307 cm³/mol. The SMILES string of the molecule is CCCCCCC/C=C\C/C=C\CCCCCCCCCCCC(=O)OC(COC(=O)CCCCCCC)COC(=O)CCCCCCCCCCCCCCCCCCCCCCCCCCCCC. The van der Waals surface area contributed by atoms with E-state index >= 15 is 0 Å². The third-order valence-electron chi connectivity index (χ3n) is 14.5. The van der Waals surface area contributed by atoms with Crippen LogP contribution in [0.5, 0.6) is 0 Å². The van der Waals surface area contributed by atoms with Gasteiger partial charge in [0, 0.05) is 19.3 Å². The summed E-state index contributed by atoms with van der Waals surface area (Å²) in [6, 6.07) is 0. The first-order chi connectivity index (χ1) is 35.0. The van der Waals surface area contributed by atoms with Crippen molar-refractivity contribution >= 4 is 17.9 Å². The van der Waals surface area contributed by atoms with Gasteiger partial charge in [0.25, 0.3) is 0 Å². The molecule has 0 saturated carbocycles. The normalized spacial score (nSPS) is 12.1. The quantitative estimate of drug-likeness (QED) is 0.0261. The molecular weight excluding hydrogens is 877 g/mol. The predicted octanol–water partition coefficient (Wildman–Crippen LogP) is 21.4. The van der Waals surface area contributed by atoms with E-state index in [0.717, 1.165) is 70.6 Å². The first kappa shape index (κ1) is 68.9. The molecule has 1 unspecified atom stereocenters. The molecule has 0 fully saturated rings. The summed E-state index contributed by atoms with van der Waals surface area (Å²) in [5, 5.41) is 0. The minimum Gasteiger partial charge on any atom is -0.462 e. The minimum atomic E-state index is -0.767. The van der Waals surface area contributed by atoms with Crippen LogP contribution in [0, 0.1) is 0 Å². The summed E-state index contributed by atoms with van der Waals surface area (Å²) in [5.41, 5.74) is 0.